The van der Waals surface area contributed by atoms with E-state index in [0.717, 1.165) is 0 Å². The van der Waals surface area contributed by atoms with Gasteiger partial charge in [0.15, 0.2) is 4.67 Å². The number of rotatable bonds is 1. The molecule has 4 nitrogen and oxygen atoms in total. The molecule has 0 unspecified atom stereocenters. The molecule has 1 aromatic rings. The summed E-state index contributed by atoms with van der Waals surface area (Å²) in [5.41, 5.74) is 0.513. The van der Waals surface area contributed by atoms with Gasteiger partial charge in [0.2, 0.25) is 0 Å². The van der Waals surface area contributed by atoms with E-state index in [0.29, 0.717) is 29.7 Å². The lowest BCUT2D eigenvalue weighted by Crippen LogP contribution is -2.29. The number of hydrogen-bond acceptors (Lipinski definition) is 3. The minimum Gasteiger partial charge on any atom is -0.457 e. The van der Waals surface area contributed by atoms with Gasteiger partial charge < -0.3 is 14.4 Å². The normalized spacial score (nSPS) is 21.6. The van der Waals surface area contributed by atoms with Crippen molar-refractivity contribution in [2.24, 2.45) is 0 Å². The number of nitrogens with zero attached hydrogens (tertiary/aromatic N) is 1. The predicted octanol–water partition coefficient (Wildman–Crippen LogP) is 1.25. The Balaban J connectivity index is 2.13. The van der Waals surface area contributed by atoms with Crippen LogP contribution < -0.4 is 0 Å². The van der Waals surface area contributed by atoms with Crippen molar-refractivity contribution in [3.63, 3.8) is 0 Å². The largest absolute Gasteiger partial charge is 0.457 e. The Hall–Kier alpha value is -0.810. The third-order valence-corrected chi connectivity index (χ3v) is 2.91. The van der Waals surface area contributed by atoms with E-state index in [1.807, 2.05) is 0 Å². The number of hydrogen-bond donors (Lipinski definition) is 1. The zero-order valence-corrected chi connectivity index (χ0v) is 9.03. The number of amides is 1. The highest BCUT2D eigenvalue weighted by Crippen LogP contribution is 2.21. The van der Waals surface area contributed by atoms with E-state index in [-0.39, 0.29) is 12.0 Å². The number of carbonyl (C=O) groups excluding carboxylic acids is 1. The molecule has 1 fully saturated rings. The molecular weight excluding hydrogens is 250 g/mol. The van der Waals surface area contributed by atoms with Gasteiger partial charge in [-0.25, -0.2) is 0 Å². The molecule has 1 N–H and O–H groups in total. The molecule has 0 radical (unpaired) electrons. The first-order valence-electron chi connectivity index (χ1n) is 4.39. The summed E-state index contributed by atoms with van der Waals surface area (Å²) in [6.07, 6.45) is 1.73. The molecule has 0 saturated carbocycles. The zero-order valence-electron chi connectivity index (χ0n) is 7.44. The first-order chi connectivity index (χ1) is 6.68. The van der Waals surface area contributed by atoms with E-state index < -0.39 is 0 Å². The SMILES string of the molecule is O=C(c1ccoc1Br)N1CC[C@@H](O)C1. The number of furan rings is 1. The summed E-state index contributed by atoms with van der Waals surface area (Å²) in [4.78, 5) is 13.4. The van der Waals surface area contributed by atoms with E-state index in [1.54, 1.807) is 11.0 Å². The number of β-amino-alcohol motifs (C(OH)–C–C–N with tert-alkyl or cyclic N) is 1. The molecule has 76 valence electrons. The number of aliphatic hydroxyl groups is 1. The van der Waals surface area contributed by atoms with Gasteiger partial charge in [-0.1, -0.05) is 0 Å². The van der Waals surface area contributed by atoms with Gasteiger partial charge in [0.25, 0.3) is 5.91 Å². The smallest absolute Gasteiger partial charge is 0.258 e. The molecule has 1 aliphatic rings. The van der Waals surface area contributed by atoms with E-state index in [4.69, 9.17) is 4.42 Å². The van der Waals surface area contributed by atoms with Crippen molar-refractivity contribution < 1.29 is 14.3 Å². The van der Waals surface area contributed by atoms with Gasteiger partial charge in [0.1, 0.15) is 0 Å². The van der Waals surface area contributed by atoms with Crippen LogP contribution in [0.4, 0.5) is 0 Å². The summed E-state index contributed by atoms with van der Waals surface area (Å²) in [5, 5.41) is 9.29. The Kier molecular flexibility index (Phi) is 2.60. The molecule has 1 saturated heterocycles. The maximum absolute atomic E-state index is 11.8. The monoisotopic (exact) mass is 259 g/mol. The first kappa shape index (κ1) is 9.73. The van der Waals surface area contributed by atoms with Crippen molar-refractivity contribution in [3.05, 3.63) is 22.6 Å². The van der Waals surface area contributed by atoms with Gasteiger partial charge in [0, 0.05) is 13.1 Å². The molecule has 1 aromatic heterocycles. The highest BCUT2D eigenvalue weighted by molar-refractivity contribution is 9.10. The lowest BCUT2D eigenvalue weighted by molar-refractivity contribution is 0.0763. The Bertz CT molecular complexity index is 350. The third-order valence-electron chi connectivity index (χ3n) is 2.30. The summed E-state index contributed by atoms with van der Waals surface area (Å²) in [6, 6.07) is 1.62. The summed E-state index contributed by atoms with van der Waals surface area (Å²) < 4.78 is 5.43. The van der Waals surface area contributed by atoms with Gasteiger partial charge in [-0.15, -0.1) is 0 Å². The summed E-state index contributed by atoms with van der Waals surface area (Å²) in [7, 11) is 0. The molecule has 2 heterocycles. The standard InChI is InChI=1S/C9H10BrNO3/c10-8-7(2-4-14-8)9(13)11-3-1-6(12)5-11/h2,4,6,12H,1,3,5H2/t6-/m1/s1. The molecule has 1 amide bonds. The highest BCUT2D eigenvalue weighted by Gasteiger charge is 2.27. The maximum Gasteiger partial charge on any atom is 0.258 e. The Morgan fingerprint density at radius 2 is 2.50 bits per heavy atom. The summed E-state index contributed by atoms with van der Waals surface area (Å²) in [6.45, 7) is 1.02. The van der Waals surface area contributed by atoms with Crippen molar-refractivity contribution in [1.29, 1.82) is 0 Å². The van der Waals surface area contributed by atoms with Gasteiger partial charge in [-0.2, -0.15) is 0 Å². The predicted molar refractivity (Wildman–Crippen MR) is 52.9 cm³/mol. The third kappa shape index (κ3) is 1.69. The minimum absolute atomic E-state index is 0.0952. The molecule has 1 aliphatic heterocycles. The van der Waals surface area contributed by atoms with Gasteiger partial charge in [-0.05, 0) is 28.4 Å². The summed E-state index contributed by atoms with van der Waals surface area (Å²) in [5.74, 6) is -0.0952. The quantitative estimate of drug-likeness (QED) is 0.826. The molecule has 2 rings (SSSR count). The lowest BCUT2D eigenvalue weighted by Gasteiger charge is -2.14. The molecule has 0 bridgehead atoms. The van der Waals surface area contributed by atoms with Crippen molar-refractivity contribution in [2.75, 3.05) is 13.1 Å². The van der Waals surface area contributed by atoms with Crippen LogP contribution in [0.2, 0.25) is 0 Å². The Morgan fingerprint density at radius 3 is 3.00 bits per heavy atom. The second kappa shape index (κ2) is 3.74. The highest BCUT2D eigenvalue weighted by atomic mass is 79.9. The van der Waals surface area contributed by atoms with Crippen LogP contribution >= 0.6 is 15.9 Å². The number of carbonyl (C=O) groups is 1. The van der Waals surface area contributed by atoms with Crippen molar-refractivity contribution >= 4 is 21.8 Å². The van der Waals surface area contributed by atoms with E-state index in [1.165, 1.54) is 6.26 Å². The van der Waals surface area contributed by atoms with Crippen molar-refractivity contribution in [2.45, 2.75) is 12.5 Å². The van der Waals surface area contributed by atoms with Gasteiger partial charge in [-0.3, -0.25) is 4.79 Å². The second-order valence-corrected chi connectivity index (χ2v) is 4.02. The van der Waals surface area contributed by atoms with Crippen LogP contribution in [-0.2, 0) is 0 Å². The number of halogens is 1. The van der Waals surface area contributed by atoms with Crippen LogP contribution in [0.15, 0.2) is 21.4 Å². The van der Waals surface area contributed by atoms with Crippen LogP contribution in [-0.4, -0.2) is 35.1 Å². The lowest BCUT2D eigenvalue weighted by atomic mass is 10.3. The first-order valence-corrected chi connectivity index (χ1v) is 5.18. The molecule has 0 aliphatic carbocycles. The number of likely N-dealkylation sites (tertiary alicyclic amines) is 1. The fraction of sp³-hybridized carbons (Fsp3) is 0.444. The van der Waals surface area contributed by atoms with Crippen LogP contribution in [0.3, 0.4) is 0 Å². The summed E-state index contributed by atoms with van der Waals surface area (Å²) >= 11 is 3.15. The van der Waals surface area contributed by atoms with Gasteiger partial charge >= 0.3 is 0 Å². The zero-order chi connectivity index (χ0) is 10.1. The van der Waals surface area contributed by atoms with Crippen LogP contribution in [0.1, 0.15) is 16.8 Å². The van der Waals surface area contributed by atoms with E-state index in [9.17, 15) is 9.90 Å². The Morgan fingerprint density at radius 1 is 1.71 bits per heavy atom. The van der Waals surface area contributed by atoms with Crippen LogP contribution in [0.25, 0.3) is 0 Å². The second-order valence-electron chi connectivity index (χ2n) is 3.30. The topological polar surface area (TPSA) is 53.7 Å². The molecule has 5 heteroatoms. The van der Waals surface area contributed by atoms with Gasteiger partial charge in [0.05, 0.1) is 17.9 Å². The van der Waals surface area contributed by atoms with Crippen molar-refractivity contribution in [3.8, 4) is 0 Å². The van der Waals surface area contributed by atoms with Crippen LogP contribution in [0.5, 0.6) is 0 Å². The molecule has 0 spiro atoms. The Labute approximate surface area is 89.6 Å². The maximum atomic E-state index is 11.8. The average Bonchev–Trinajstić information content (AvgIpc) is 2.73. The molecule has 0 aromatic carbocycles. The fourth-order valence-corrected chi connectivity index (χ4v) is 1.95. The minimum atomic E-state index is -0.385. The molecule has 1 atom stereocenters. The molecular formula is C9H10BrNO3. The average molecular weight is 260 g/mol. The fourth-order valence-electron chi connectivity index (χ4n) is 1.54. The molecule has 14 heavy (non-hydrogen) atoms. The number of aliphatic hydroxyl groups excluding tert-OH is 1. The van der Waals surface area contributed by atoms with Crippen molar-refractivity contribution in [1.82, 2.24) is 4.90 Å². The van der Waals surface area contributed by atoms with Crippen LogP contribution in [0, 0.1) is 0 Å². The van der Waals surface area contributed by atoms with E-state index in [2.05, 4.69) is 15.9 Å². The van der Waals surface area contributed by atoms with E-state index >= 15 is 0 Å².